The monoisotopic (exact) mass is 297 g/mol. The summed E-state index contributed by atoms with van der Waals surface area (Å²) in [5.74, 6) is 0.783. The van der Waals surface area contributed by atoms with Crippen LogP contribution in [0.1, 0.15) is 71.6 Å². The number of aliphatic hydroxyl groups is 1. The smallest absolute Gasteiger partial charge is 0.0897 e. The first-order chi connectivity index (χ1) is 10.1. The van der Waals surface area contributed by atoms with Gasteiger partial charge in [-0.3, -0.25) is 0 Å². The Labute approximate surface area is 130 Å². The summed E-state index contributed by atoms with van der Waals surface area (Å²) in [6, 6.07) is 0. The van der Waals surface area contributed by atoms with E-state index in [4.69, 9.17) is 4.74 Å². The van der Waals surface area contributed by atoms with Gasteiger partial charge in [0.15, 0.2) is 0 Å². The molecule has 0 spiro atoms. The van der Waals surface area contributed by atoms with Crippen molar-refractivity contribution in [2.75, 3.05) is 19.7 Å². The minimum atomic E-state index is -0.363. The highest BCUT2D eigenvalue weighted by Gasteiger charge is 2.31. The Bertz CT molecular complexity index is 289. The second-order valence-corrected chi connectivity index (χ2v) is 7.57. The zero-order valence-corrected chi connectivity index (χ0v) is 14.1. The predicted molar refractivity (Wildman–Crippen MR) is 87.4 cm³/mol. The Morgan fingerprint density at radius 1 is 1.24 bits per heavy atom. The fourth-order valence-corrected chi connectivity index (χ4v) is 4.12. The summed E-state index contributed by atoms with van der Waals surface area (Å²) in [7, 11) is 0. The molecule has 3 heteroatoms. The van der Waals surface area contributed by atoms with E-state index >= 15 is 0 Å². The molecule has 0 heterocycles. The summed E-state index contributed by atoms with van der Waals surface area (Å²) in [5.41, 5.74) is 0.499. The molecule has 2 rings (SSSR count). The van der Waals surface area contributed by atoms with Crippen molar-refractivity contribution < 1.29 is 9.84 Å². The van der Waals surface area contributed by atoms with E-state index in [1.54, 1.807) is 0 Å². The lowest BCUT2D eigenvalue weighted by atomic mass is 9.83. The first-order valence-electron chi connectivity index (χ1n) is 9.14. The molecule has 0 aromatic rings. The van der Waals surface area contributed by atoms with Gasteiger partial charge in [-0.05, 0) is 43.4 Å². The maximum Gasteiger partial charge on any atom is 0.0897 e. The molecule has 0 bridgehead atoms. The number of hydrogen-bond donors (Lipinski definition) is 2. The van der Waals surface area contributed by atoms with Crippen molar-refractivity contribution in [2.45, 2.75) is 83.8 Å². The molecule has 2 N–H and O–H groups in total. The molecule has 3 nitrogen and oxygen atoms in total. The van der Waals surface area contributed by atoms with Crippen molar-refractivity contribution in [3.05, 3.63) is 0 Å². The van der Waals surface area contributed by atoms with Crippen LogP contribution in [0.15, 0.2) is 0 Å². The zero-order valence-electron chi connectivity index (χ0n) is 14.1. The Morgan fingerprint density at radius 3 is 2.67 bits per heavy atom. The summed E-state index contributed by atoms with van der Waals surface area (Å²) in [6.45, 7) is 6.82. The van der Waals surface area contributed by atoms with Gasteiger partial charge in [-0.15, -0.1) is 0 Å². The SMILES string of the molecule is CCC1(CNCC(O)COC2CCCC(C)C2)CCCC1. The zero-order chi connectivity index (χ0) is 15.1. The normalized spacial score (nSPS) is 30.4. The average Bonchev–Trinajstić information content (AvgIpc) is 2.95. The van der Waals surface area contributed by atoms with Crippen molar-refractivity contribution in [1.82, 2.24) is 5.32 Å². The first kappa shape index (κ1) is 17.2. The van der Waals surface area contributed by atoms with Crippen LogP contribution in [0.2, 0.25) is 0 Å². The molecule has 2 aliphatic rings. The third-order valence-electron chi connectivity index (χ3n) is 5.71. The first-order valence-corrected chi connectivity index (χ1v) is 9.14. The van der Waals surface area contributed by atoms with Crippen LogP contribution in [-0.2, 0) is 4.74 Å². The van der Waals surface area contributed by atoms with E-state index in [2.05, 4.69) is 19.2 Å². The summed E-state index contributed by atoms with van der Waals surface area (Å²) >= 11 is 0. The van der Waals surface area contributed by atoms with Gasteiger partial charge in [-0.25, -0.2) is 0 Å². The number of hydrogen-bond acceptors (Lipinski definition) is 3. The van der Waals surface area contributed by atoms with Gasteiger partial charge in [0.05, 0.1) is 18.8 Å². The molecule has 21 heavy (non-hydrogen) atoms. The number of nitrogens with one attached hydrogen (secondary N) is 1. The number of rotatable bonds is 8. The molecule has 0 amide bonds. The van der Waals surface area contributed by atoms with Crippen molar-refractivity contribution >= 4 is 0 Å². The van der Waals surface area contributed by atoms with E-state index in [0.717, 1.165) is 12.5 Å². The average molecular weight is 297 g/mol. The van der Waals surface area contributed by atoms with Gasteiger partial charge in [0.2, 0.25) is 0 Å². The van der Waals surface area contributed by atoms with Crippen LogP contribution < -0.4 is 5.32 Å². The molecule has 2 aliphatic carbocycles. The van der Waals surface area contributed by atoms with Crippen molar-refractivity contribution in [2.24, 2.45) is 11.3 Å². The highest BCUT2D eigenvalue weighted by Crippen LogP contribution is 2.40. The molecule has 0 aromatic carbocycles. The molecule has 3 atom stereocenters. The van der Waals surface area contributed by atoms with E-state index in [9.17, 15) is 5.11 Å². The Balaban J connectivity index is 1.58. The molecule has 0 aromatic heterocycles. The highest BCUT2D eigenvalue weighted by molar-refractivity contribution is 4.85. The van der Waals surface area contributed by atoms with Crippen LogP contribution in [0.4, 0.5) is 0 Å². The quantitative estimate of drug-likeness (QED) is 0.720. The maximum absolute atomic E-state index is 10.1. The van der Waals surface area contributed by atoms with Crippen LogP contribution in [0, 0.1) is 11.3 Å². The van der Waals surface area contributed by atoms with Gasteiger partial charge in [0.1, 0.15) is 0 Å². The second-order valence-electron chi connectivity index (χ2n) is 7.57. The van der Waals surface area contributed by atoms with Crippen LogP contribution in [-0.4, -0.2) is 37.0 Å². The molecular formula is C18H35NO2. The van der Waals surface area contributed by atoms with Crippen molar-refractivity contribution in [1.29, 1.82) is 0 Å². The highest BCUT2D eigenvalue weighted by atomic mass is 16.5. The van der Waals surface area contributed by atoms with Gasteiger partial charge in [0, 0.05) is 13.1 Å². The molecule has 124 valence electrons. The molecule has 2 fully saturated rings. The van der Waals surface area contributed by atoms with Crippen LogP contribution >= 0.6 is 0 Å². The summed E-state index contributed by atoms with van der Waals surface area (Å²) in [6.07, 6.45) is 11.7. The Hall–Kier alpha value is -0.120. The molecule has 0 aliphatic heterocycles. The third kappa shape index (κ3) is 5.54. The Kier molecular flexibility index (Phi) is 6.97. The fraction of sp³-hybridized carbons (Fsp3) is 1.00. The maximum atomic E-state index is 10.1. The topological polar surface area (TPSA) is 41.5 Å². The predicted octanol–water partition coefficient (Wildman–Crippen LogP) is 3.50. The summed E-state index contributed by atoms with van der Waals surface area (Å²) in [4.78, 5) is 0. The minimum absolute atomic E-state index is 0.363. The third-order valence-corrected chi connectivity index (χ3v) is 5.71. The summed E-state index contributed by atoms with van der Waals surface area (Å²) in [5, 5.41) is 13.6. The molecule has 3 unspecified atom stereocenters. The van der Waals surface area contributed by atoms with Crippen molar-refractivity contribution in [3.63, 3.8) is 0 Å². The van der Waals surface area contributed by atoms with Crippen LogP contribution in [0.5, 0.6) is 0 Å². The minimum Gasteiger partial charge on any atom is -0.389 e. The largest absolute Gasteiger partial charge is 0.389 e. The molecule has 0 saturated heterocycles. The molecule has 2 saturated carbocycles. The van der Waals surface area contributed by atoms with Gasteiger partial charge in [-0.2, -0.15) is 0 Å². The van der Waals surface area contributed by atoms with Crippen LogP contribution in [0.25, 0.3) is 0 Å². The lowest BCUT2D eigenvalue weighted by molar-refractivity contribution is -0.0311. The van der Waals surface area contributed by atoms with Crippen molar-refractivity contribution in [3.8, 4) is 0 Å². The van der Waals surface area contributed by atoms with Gasteiger partial charge in [-0.1, -0.05) is 39.5 Å². The van der Waals surface area contributed by atoms with E-state index in [1.165, 1.54) is 57.8 Å². The lowest BCUT2D eigenvalue weighted by Gasteiger charge is -2.29. The van der Waals surface area contributed by atoms with Crippen LogP contribution in [0.3, 0.4) is 0 Å². The number of aliphatic hydroxyl groups excluding tert-OH is 1. The van der Waals surface area contributed by atoms with E-state index in [-0.39, 0.29) is 6.10 Å². The van der Waals surface area contributed by atoms with Gasteiger partial charge >= 0.3 is 0 Å². The van der Waals surface area contributed by atoms with E-state index in [0.29, 0.717) is 24.7 Å². The fourth-order valence-electron chi connectivity index (χ4n) is 4.12. The summed E-state index contributed by atoms with van der Waals surface area (Å²) < 4.78 is 5.90. The Morgan fingerprint density at radius 2 is 2.00 bits per heavy atom. The standard InChI is InChI=1S/C18H35NO2/c1-3-18(9-4-5-10-18)14-19-12-16(20)13-21-17-8-6-7-15(2)11-17/h15-17,19-20H,3-14H2,1-2H3. The molecule has 0 radical (unpaired) electrons. The molecular weight excluding hydrogens is 262 g/mol. The van der Waals surface area contributed by atoms with E-state index < -0.39 is 0 Å². The lowest BCUT2D eigenvalue weighted by Crippen LogP contribution is -2.38. The number of ether oxygens (including phenoxy) is 1. The van der Waals surface area contributed by atoms with Gasteiger partial charge < -0.3 is 15.2 Å². The van der Waals surface area contributed by atoms with Gasteiger partial charge in [0.25, 0.3) is 0 Å². The second kappa shape index (κ2) is 8.50. The van der Waals surface area contributed by atoms with E-state index in [1.807, 2.05) is 0 Å².